The van der Waals surface area contributed by atoms with E-state index in [4.69, 9.17) is 29.0 Å². The molecular formula is C6H6BrCl3N2. The van der Waals surface area contributed by atoms with Gasteiger partial charge in [0.2, 0.25) is 0 Å². The first-order valence-electron chi connectivity index (χ1n) is 2.76. The van der Waals surface area contributed by atoms with E-state index in [0.29, 0.717) is 15.7 Å². The SMILES string of the molecule is Cl.NNc1c(Cl)cc(Br)cc1Cl. The lowest BCUT2D eigenvalue weighted by Gasteiger charge is -2.05. The van der Waals surface area contributed by atoms with Crippen LogP contribution in [0, 0.1) is 0 Å². The van der Waals surface area contributed by atoms with Gasteiger partial charge in [-0.2, -0.15) is 0 Å². The fourth-order valence-corrected chi connectivity index (χ4v) is 2.00. The zero-order chi connectivity index (χ0) is 8.43. The van der Waals surface area contributed by atoms with Gasteiger partial charge in [-0.05, 0) is 12.1 Å². The Hall–Kier alpha value is 0.330. The maximum absolute atomic E-state index is 5.78. The minimum absolute atomic E-state index is 0. The van der Waals surface area contributed by atoms with E-state index in [1.165, 1.54) is 0 Å². The van der Waals surface area contributed by atoms with E-state index in [0.717, 1.165) is 4.47 Å². The molecule has 0 aliphatic rings. The van der Waals surface area contributed by atoms with Gasteiger partial charge >= 0.3 is 0 Å². The molecular weight excluding hydrogens is 286 g/mol. The first kappa shape index (κ1) is 12.3. The van der Waals surface area contributed by atoms with Crippen LogP contribution in [0.4, 0.5) is 5.69 Å². The summed E-state index contributed by atoms with van der Waals surface area (Å²) >= 11 is 14.8. The van der Waals surface area contributed by atoms with E-state index in [9.17, 15) is 0 Å². The second-order valence-corrected chi connectivity index (χ2v) is 3.62. The third-order valence-corrected chi connectivity index (χ3v) is 2.21. The zero-order valence-electron chi connectivity index (χ0n) is 5.77. The smallest absolute Gasteiger partial charge is 0.0861 e. The highest BCUT2D eigenvalue weighted by molar-refractivity contribution is 9.10. The normalized spacial score (nSPS) is 9.00. The van der Waals surface area contributed by atoms with Gasteiger partial charge in [0, 0.05) is 4.47 Å². The summed E-state index contributed by atoms with van der Waals surface area (Å²) < 4.78 is 0.825. The van der Waals surface area contributed by atoms with Crippen molar-refractivity contribution in [1.29, 1.82) is 0 Å². The van der Waals surface area contributed by atoms with Gasteiger partial charge in [-0.15, -0.1) is 12.4 Å². The number of hydrogen-bond donors (Lipinski definition) is 2. The predicted molar refractivity (Wildman–Crippen MR) is 59.2 cm³/mol. The van der Waals surface area contributed by atoms with Crippen LogP contribution in [0.2, 0.25) is 10.0 Å². The van der Waals surface area contributed by atoms with Crippen molar-refractivity contribution in [3.63, 3.8) is 0 Å². The Balaban J connectivity index is 0.00000121. The lowest BCUT2D eigenvalue weighted by atomic mass is 10.3. The number of anilines is 1. The van der Waals surface area contributed by atoms with Crippen LogP contribution in [0.15, 0.2) is 16.6 Å². The van der Waals surface area contributed by atoms with Gasteiger partial charge in [-0.1, -0.05) is 39.1 Å². The molecule has 0 atom stereocenters. The number of halogens is 4. The molecule has 0 fully saturated rings. The molecule has 0 aliphatic carbocycles. The van der Waals surface area contributed by atoms with Crippen molar-refractivity contribution in [2.24, 2.45) is 5.84 Å². The summed E-state index contributed by atoms with van der Waals surface area (Å²) in [6.07, 6.45) is 0. The van der Waals surface area contributed by atoms with Crippen molar-refractivity contribution in [1.82, 2.24) is 0 Å². The number of nitrogen functional groups attached to an aromatic ring is 1. The first-order chi connectivity index (χ1) is 5.15. The molecule has 0 aliphatic heterocycles. The minimum atomic E-state index is 0. The molecule has 1 rings (SSSR count). The molecule has 1 aromatic rings. The topological polar surface area (TPSA) is 38.0 Å². The fourth-order valence-electron chi connectivity index (χ4n) is 0.680. The lowest BCUT2D eigenvalue weighted by Crippen LogP contribution is -2.07. The Bertz CT molecular complexity index is 256. The highest BCUT2D eigenvalue weighted by Crippen LogP contribution is 2.32. The first-order valence-corrected chi connectivity index (χ1v) is 4.31. The van der Waals surface area contributed by atoms with E-state index in [-0.39, 0.29) is 12.4 Å². The Morgan fingerprint density at radius 3 is 2.00 bits per heavy atom. The van der Waals surface area contributed by atoms with E-state index in [1.807, 2.05) is 0 Å². The average Bonchev–Trinajstić information content (AvgIpc) is 1.85. The molecule has 0 bridgehead atoms. The molecule has 1 aromatic carbocycles. The van der Waals surface area contributed by atoms with Gasteiger partial charge in [-0.3, -0.25) is 5.84 Å². The maximum atomic E-state index is 5.78. The van der Waals surface area contributed by atoms with Crippen LogP contribution < -0.4 is 11.3 Å². The molecule has 3 N–H and O–H groups in total. The number of benzene rings is 1. The van der Waals surface area contributed by atoms with Crippen molar-refractivity contribution in [2.45, 2.75) is 0 Å². The summed E-state index contributed by atoms with van der Waals surface area (Å²) in [5.41, 5.74) is 2.94. The predicted octanol–water partition coefficient (Wildman–Crippen LogP) is 3.46. The van der Waals surface area contributed by atoms with E-state index < -0.39 is 0 Å². The zero-order valence-corrected chi connectivity index (χ0v) is 9.69. The second-order valence-electron chi connectivity index (χ2n) is 1.89. The van der Waals surface area contributed by atoms with Crippen molar-refractivity contribution >= 4 is 57.2 Å². The van der Waals surface area contributed by atoms with Gasteiger partial charge in [0.1, 0.15) is 0 Å². The molecule has 0 aromatic heterocycles. The molecule has 0 radical (unpaired) electrons. The molecule has 6 heteroatoms. The maximum Gasteiger partial charge on any atom is 0.0861 e. The van der Waals surface area contributed by atoms with Gasteiger partial charge in [-0.25, -0.2) is 0 Å². The Kier molecular flexibility index (Phi) is 5.29. The minimum Gasteiger partial charge on any atom is -0.321 e. The Morgan fingerprint density at radius 1 is 1.25 bits per heavy atom. The van der Waals surface area contributed by atoms with Crippen LogP contribution in [0.5, 0.6) is 0 Å². The summed E-state index contributed by atoms with van der Waals surface area (Å²) in [6.45, 7) is 0. The molecule has 68 valence electrons. The molecule has 2 nitrogen and oxygen atoms in total. The summed E-state index contributed by atoms with van der Waals surface area (Å²) in [5.74, 6) is 5.17. The standard InChI is InChI=1S/C6H5BrCl2N2.ClH/c7-3-1-4(8)6(11-10)5(9)2-3;/h1-2,11H,10H2;1H. The number of hydrazine groups is 1. The number of nitrogens with one attached hydrogen (secondary N) is 1. The number of hydrogen-bond acceptors (Lipinski definition) is 2. The Morgan fingerprint density at radius 2 is 1.67 bits per heavy atom. The van der Waals surface area contributed by atoms with Crippen molar-refractivity contribution in [2.75, 3.05) is 5.43 Å². The molecule has 0 spiro atoms. The second kappa shape index (κ2) is 5.14. The van der Waals surface area contributed by atoms with Crippen LogP contribution in [0.25, 0.3) is 0 Å². The van der Waals surface area contributed by atoms with Crippen LogP contribution in [-0.4, -0.2) is 0 Å². The molecule has 0 heterocycles. The van der Waals surface area contributed by atoms with Crippen LogP contribution in [0.1, 0.15) is 0 Å². The number of nitrogens with two attached hydrogens (primary N) is 1. The molecule has 0 amide bonds. The third kappa shape index (κ3) is 2.68. The van der Waals surface area contributed by atoms with E-state index in [1.54, 1.807) is 12.1 Å². The Labute approximate surface area is 94.9 Å². The largest absolute Gasteiger partial charge is 0.321 e. The molecule has 0 saturated heterocycles. The average molecular weight is 292 g/mol. The highest BCUT2D eigenvalue weighted by Gasteiger charge is 2.04. The number of rotatable bonds is 1. The van der Waals surface area contributed by atoms with Gasteiger partial charge in [0.05, 0.1) is 15.7 Å². The summed E-state index contributed by atoms with van der Waals surface area (Å²) in [4.78, 5) is 0. The molecule has 0 unspecified atom stereocenters. The van der Waals surface area contributed by atoms with Gasteiger partial charge < -0.3 is 5.43 Å². The third-order valence-electron chi connectivity index (χ3n) is 1.15. The van der Waals surface area contributed by atoms with Crippen molar-refractivity contribution < 1.29 is 0 Å². The van der Waals surface area contributed by atoms with E-state index in [2.05, 4.69) is 21.4 Å². The fraction of sp³-hybridized carbons (Fsp3) is 0. The van der Waals surface area contributed by atoms with Crippen molar-refractivity contribution in [3.05, 3.63) is 26.7 Å². The monoisotopic (exact) mass is 290 g/mol. The molecule has 0 saturated carbocycles. The molecule has 12 heavy (non-hydrogen) atoms. The van der Waals surface area contributed by atoms with Gasteiger partial charge in [0.15, 0.2) is 0 Å². The van der Waals surface area contributed by atoms with Gasteiger partial charge in [0.25, 0.3) is 0 Å². The van der Waals surface area contributed by atoms with Crippen molar-refractivity contribution in [3.8, 4) is 0 Å². The summed E-state index contributed by atoms with van der Waals surface area (Å²) in [5, 5.41) is 0.985. The summed E-state index contributed by atoms with van der Waals surface area (Å²) in [6, 6.07) is 3.42. The quantitative estimate of drug-likeness (QED) is 0.614. The van der Waals surface area contributed by atoms with Crippen LogP contribution in [0.3, 0.4) is 0 Å². The van der Waals surface area contributed by atoms with E-state index >= 15 is 0 Å². The lowest BCUT2D eigenvalue weighted by molar-refractivity contribution is 1.35. The highest BCUT2D eigenvalue weighted by atomic mass is 79.9. The summed E-state index contributed by atoms with van der Waals surface area (Å²) in [7, 11) is 0. The van der Waals surface area contributed by atoms with Crippen LogP contribution >= 0.6 is 51.5 Å². The van der Waals surface area contributed by atoms with Crippen LogP contribution in [-0.2, 0) is 0 Å².